The summed E-state index contributed by atoms with van der Waals surface area (Å²) in [5.74, 6) is 0.388. The average molecular weight is 289 g/mol. The Morgan fingerprint density at radius 3 is 2.45 bits per heavy atom. The first-order valence-corrected chi connectivity index (χ1v) is 6.80. The molecule has 0 unspecified atom stereocenters. The Morgan fingerprint density at radius 1 is 1.15 bits per heavy atom. The molecule has 0 spiro atoms. The maximum atomic E-state index is 13.4. The molecule has 104 valence electrons. The van der Waals surface area contributed by atoms with E-state index in [1.54, 1.807) is 6.07 Å². The second-order valence-corrected chi connectivity index (χ2v) is 4.94. The van der Waals surface area contributed by atoms with Crippen LogP contribution in [0.5, 0.6) is 5.75 Å². The van der Waals surface area contributed by atoms with Gasteiger partial charge < -0.3 is 10.5 Å². The molecule has 0 bridgehead atoms. The fourth-order valence-electron chi connectivity index (χ4n) is 1.86. The standard InChI is InChI=1S/C16H16FNOS/c1-2-11-3-5-15(6-4-11)19-10-12-7-13(16(18)20)9-14(17)8-12/h3-9H,2,10H2,1H3,(H2,18,20). The van der Waals surface area contributed by atoms with E-state index in [4.69, 9.17) is 22.7 Å². The molecule has 0 saturated carbocycles. The third-order valence-corrected chi connectivity index (χ3v) is 3.21. The highest BCUT2D eigenvalue weighted by atomic mass is 32.1. The minimum atomic E-state index is -0.366. The maximum Gasteiger partial charge on any atom is 0.124 e. The van der Waals surface area contributed by atoms with E-state index in [9.17, 15) is 4.39 Å². The summed E-state index contributed by atoms with van der Waals surface area (Å²) < 4.78 is 19.1. The van der Waals surface area contributed by atoms with Gasteiger partial charge in [0.05, 0.1) is 0 Å². The van der Waals surface area contributed by atoms with Gasteiger partial charge in [0.2, 0.25) is 0 Å². The highest BCUT2D eigenvalue weighted by Crippen LogP contribution is 2.16. The molecule has 2 N–H and O–H groups in total. The molecule has 0 aliphatic heterocycles. The van der Waals surface area contributed by atoms with Crippen molar-refractivity contribution in [1.29, 1.82) is 0 Å². The second-order valence-electron chi connectivity index (χ2n) is 4.50. The Balaban J connectivity index is 2.08. The van der Waals surface area contributed by atoms with Crippen LogP contribution >= 0.6 is 12.2 Å². The predicted octanol–water partition coefficient (Wildman–Crippen LogP) is 3.60. The fourth-order valence-corrected chi connectivity index (χ4v) is 1.98. The van der Waals surface area contributed by atoms with E-state index in [1.807, 2.05) is 24.3 Å². The van der Waals surface area contributed by atoms with Gasteiger partial charge in [0.15, 0.2) is 0 Å². The molecule has 0 radical (unpaired) electrons. The molecule has 0 fully saturated rings. The smallest absolute Gasteiger partial charge is 0.124 e. The van der Waals surface area contributed by atoms with Gasteiger partial charge in [-0.05, 0) is 47.9 Å². The zero-order valence-corrected chi connectivity index (χ0v) is 12.0. The summed E-state index contributed by atoms with van der Waals surface area (Å²) in [6.07, 6.45) is 0.988. The van der Waals surface area contributed by atoms with Gasteiger partial charge in [0, 0.05) is 5.56 Å². The van der Waals surface area contributed by atoms with Gasteiger partial charge in [-0.1, -0.05) is 31.3 Å². The molecule has 20 heavy (non-hydrogen) atoms. The van der Waals surface area contributed by atoms with Crippen molar-refractivity contribution >= 4 is 17.2 Å². The number of halogens is 1. The quantitative estimate of drug-likeness (QED) is 0.854. The third kappa shape index (κ3) is 3.78. The molecule has 2 aromatic rings. The number of nitrogens with two attached hydrogens (primary N) is 1. The lowest BCUT2D eigenvalue weighted by molar-refractivity contribution is 0.305. The van der Waals surface area contributed by atoms with Crippen LogP contribution < -0.4 is 10.5 Å². The summed E-state index contributed by atoms with van der Waals surface area (Å²) in [4.78, 5) is 0.179. The molecule has 4 heteroatoms. The Bertz CT molecular complexity index is 610. The molecule has 2 aromatic carbocycles. The summed E-state index contributed by atoms with van der Waals surface area (Å²) in [5, 5.41) is 0. The van der Waals surface area contributed by atoms with Gasteiger partial charge in [-0.15, -0.1) is 0 Å². The van der Waals surface area contributed by atoms with Crippen molar-refractivity contribution < 1.29 is 9.13 Å². The number of hydrogen-bond donors (Lipinski definition) is 1. The normalized spacial score (nSPS) is 10.3. The lowest BCUT2D eigenvalue weighted by Gasteiger charge is -2.08. The Hall–Kier alpha value is -1.94. The lowest BCUT2D eigenvalue weighted by atomic mass is 10.1. The van der Waals surface area contributed by atoms with Crippen molar-refractivity contribution in [2.24, 2.45) is 5.73 Å². The Kier molecular flexibility index (Phi) is 4.69. The number of aryl methyl sites for hydroxylation is 1. The molecule has 0 saturated heterocycles. The zero-order valence-electron chi connectivity index (χ0n) is 11.2. The number of benzene rings is 2. The highest BCUT2D eigenvalue weighted by molar-refractivity contribution is 7.80. The van der Waals surface area contributed by atoms with Crippen molar-refractivity contribution in [1.82, 2.24) is 0 Å². The topological polar surface area (TPSA) is 35.2 Å². The largest absolute Gasteiger partial charge is 0.489 e. The first-order valence-electron chi connectivity index (χ1n) is 6.39. The van der Waals surface area contributed by atoms with Crippen LogP contribution in [-0.2, 0) is 13.0 Å². The first-order chi connectivity index (χ1) is 9.58. The molecule has 0 atom stereocenters. The molecular weight excluding hydrogens is 273 g/mol. The van der Waals surface area contributed by atoms with Gasteiger partial charge in [-0.2, -0.15) is 0 Å². The minimum absolute atomic E-state index is 0.179. The van der Waals surface area contributed by atoms with Crippen LogP contribution in [0, 0.1) is 5.82 Å². The molecule has 0 aromatic heterocycles. The van der Waals surface area contributed by atoms with Crippen molar-refractivity contribution in [2.75, 3.05) is 0 Å². The number of thiocarbonyl (C=S) groups is 1. The van der Waals surface area contributed by atoms with Crippen LogP contribution in [0.3, 0.4) is 0 Å². The van der Waals surface area contributed by atoms with E-state index in [0.717, 1.165) is 12.2 Å². The molecule has 2 rings (SSSR count). The van der Waals surface area contributed by atoms with Gasteiger partial charge in [0.25, 0.3) is 0 Å². The van der Waals surface area contributed by atoms with Crippen molar-refractivity contribution in [3.8, 4) is 5.75 Å². The summed E-state index contributed by atoms with van der Waals surface area (Å²) in [6, 6.07) is 12.3. The third-order valence-electron chi connectivity index (χ3n) is 2.98. The first kappa shape index (κ1) is 14.5. The van der Waals surface area contributed by atoms with Crippen LogP contribution in [0.15, 0.2) is 42.5 Å². The van der Waals surface area contributed by atoms with E-state index in [0.29, 0.717) is 11.1 Å². The van der Waals surface area contributed by atoms with Crippen LogP contribution in [0.25, 0.3) is 0 Å². The maximum absolute atomic E-state index is 13.4. The van der Waals surface area contributed by atoms with Crippen molar-refractivity contribution in [3.63, 3.8) is 0 Å². The minimum Gasteiger partial charge on any atom is -0.489 e. The average Bonchev–Trinajstić information content (AvgIpc) is 2.45. The highest BCUT2D eigenvalue weighted by Gasteiger charge is 2.04. The van der Waals surface area contributed by atoms with Crippen LogP contribution in [0.4, 0.5) is 4.39 Å². The Morgan fingerprint density at radius 2 is 1.85 bits per heavy atom. The summed E-state index contributed by atoms with van der Waals surface area (Å²) in [7, 11) is 0. The van der Waals surface area contributed by atoms with Gasteiger partial charge in [-0.25, -0.2) is 4.39 Å². The van der Waals surface area contributed by atoms with Crippen LogP contribution in [0.1, 0.15) is 23.6 Å². The number of ether oxygens (including phenoxy) is 1. The molecule has 0 aliphatic carbocycles. The predicted molar refractivity (Wildman–Crippen MR) is 82.4 cm³/mol. The van der Waals surface area contributed by atoms with E-state index in [2.05, 4.69) is 6.92 Å². The number of hydrogen-bond acceptors (Lipinski definition) is 2. The van der Waals surface area contributed by atoms with Crippen LogP contribution in [-0.4, -0.2) is 4.99 Å². The van der Waals surface area contributed by atoms with E-state index < -0.39 is 0 Å². The van der Waals surface area contributed by atoms with Gasteiger partial charge in [0.1, 0.15) is 23.2 Å². The van der Waals surface area contributed by atoms with Crippen molar-refractivity contribution in [2.45, 2.75) is 20.0 Å². The summed E-state index contributed by atoms with van der Waals surface area (Å²) in [6.45, 7) is 2.37. The molecule has 2 nitrogen and oxygen atoms in total. The molecule has 0 aliphatic rings. The monoisotopic (exact) mass is 289 g/mol. The molecule has 0 heterocycles. The fraction of sp³-hybridized carbons (Fsp3) is 0.188. The summed E-state index contributed by atoms with van der Waals surface area (Å²) in [5.41, 5.74) is 7.98. The lowest BCUT2D eigenvalue weighted by Crippen LogP contribution is -2.10. The Labute approximate surface area is 123 Å². The SMILES string of the molecule is CCc1ccc(OCc2cc(F)cc(C(N)=S)c2)cc1. The van der Waals surface area contributed by atoms with E-state index in [-0.39, 0.29) is 17.4 Å². The van der Waals surface area contributed by atoms with Crippen molar-refractivity contribution in [3.05, 3.63) is 65.0 Å². The second kappa shape index (κ2) is 6.48. The van der Waals surface area contributed by atoms with Crippen LogP contribution in [0.2, 0.25) is 0 Å². The summed E-state index contributed by atoms with van der Waals surface area (Å²) >= 11 is 4.86. The van der Waals surface area contributed by atoms with E-state index >= 15 is 0 Å². The van der Waals surface area contributed by atoms with Gasteiger partial charge in [-0.3, -0.25) is 0 Å². The number of rotatable bonds is 5. The molecule has 0 amide bonds. The zero-order chi connectivity index (χ0) is 14.5. The molecular formula is C16H16FNOS. The van der Waals surface area contributed by atoms with Gasteiger partial charge >= 0.3 is 0 Å². The van der Waals surface area contributed by atoms with E-state index in [1.165, 1.54) is 17.7 Å².